The smallest absolute Gasteiger partial charge is 0.0606 e. The van der Waals surface area contributed by atoms with Gasteiger partial charge in [0.1, 0.15) is 0 Å². The second-order valence-corrected chi connectivity index (χ2v) is 5.61. The molecule has 0 radical (unpaired) electrons. The van der Waals surface area contributed by atoms with Gasteiger partial charge >= 0.3 is 0 Å². The molecular formula is C17H37ClO2. The van der Waals surface area contributed by atoms with E-state index in [1.54, 1.807) is 0 Å². The van der Waals surface area contributed by atoms with Crippen LogP contribution in [-0.2, 0) is 9.03 Å². The van der Waals surface area contributed by atoms with Gasteiger partial charge in [-0.2, -0.15) is 0 Å². The van der Waals surface area contributed by atoms with Crippen LogP contribution in [0.5, 0.6) is 0 Å². The van der Waals surface area contributed by atoms with Crippen molar-refractivity contribution in [2.45, 2.75) is 90.9 Å². The Morgan fingerprint density at radius 2 is 0.900 bits per heavy atom. The van der Waals surface area contributed by atoms with E-state index in [1.807, 2.05) is 0 Å². The summed E-state index contributed by atoms with van der Waals surface area (Å²) in [5.74, 6) is 0. The first-order valence-corrected chi connectivity index (χ1v) is 8.86. The minimum Gasteiger partial charge on any atom is -0.381 e. The minimum absolute atomic E-state index is 0.987. The predicted octanol–water partition coefficient (Wildman–Crippen LogP) is 6.51. The average Bonchev–Trinajstić information content (AvgIpc) is 2.45. The second-order valence-electron chi connectivity index (χ2n) is 5.30. The van der Waals surface area contributed by atoms with Crippen LogP contribution in [0.15, 0.2) is 0 Å². The topological polar surface area (TPSA) is 18.5 Å². The highest BCUT2D eigenvalue weighted by molar-refractivity contribution is 6.07. The third kappa shape index (κ3) is 26.7. The summed E-state index contributed by atoms with van der Waals surface area (Å²) in [5, 5.41) is 0. The third-order valence-electron chi connectivity index (χ3n) is 3.28. The molecule has 0 bridgehead atoms. The maximum Gasteiger partial charge on any atom is 0.0606 e. The van der Waals surface area contributed by atoms with Crippen molar-refractivity contribution in [3.05, 3.63) is 0 Å². The Morgan fingerprint density at radius 3 is 1.25 bits per heavy atom. The standard InChI is InChI=1S/C16H34O.CH3ClO/c1-3-5-7-9-11-13-15-17-16-14-12-10-8-6-4-2;1-3-2/h3-16H2,1-2H3;1H3. The molecule has 20 heavy (non-hydrogen) atoms. The molecule has 0 fully saturated rings. The number of hydrogen-bond acceptors (Lipinski definition) is 2. The van der Waals surface area contributed by atoms with Gasteiger partial charge in [0.2, 0.25) is 0 Å². The number of ether oxygens (including phenoxy) is 1. The minimum atomic E-state index is 0.987. The molecule has 124 valence electrons. The number of rotatable bonds is 14. The summed E-state index contributed by atoms with van der Waals surface area (Å²) in [6, 6.07) is 0. The first kappa shape index (κ1) is 22.5. The Balaban J connectivity index is 0. The van der Waals surface area contributed by atoms with Crippen LogP contribution in [0.1, 0.15) is 90.9 Å². The van der Waals surface area contributed by atoms with Crippen LogP contribution in [0.3, 0.4) is 0 Å². The highest BCUT2D eigenvalue weighted by atomic mass is 35.5. The molecule has 0 spiro atoms. The van der Waals surface area contributed by atoms with Gasteiger partial charge < -0.3 is 4.74 Å². The quantitative estimate of drug-likeness (QED) is 0.340. The van der Waals surface area contributed by atoms with Gasteiger partial charge in [0.25, 0.3) is 0 Å². The molecule has 0 heterocycles. The lowest BCUT2D eigenvalue weighted by atomic mass is 10.1. The largest absolute Gasteiger partial charge is 0.381 e. The van der Waals surface area contributed by atoms with Crippen molar-refractivity contribution >= 4 is 11.9 Å². The lowest BCUT2D eigenvalue weighted by molar-refractivity contribution is 0.125. The van der Waals surface area contributed by atoms with Crippen LogP contribution in [-0.4, -0.2) is 20.3 Å². The van der Waals surface area contributed by atoms with Gasteiger partial charge in [-0.1, -0.05) is 78.1 Å². The van der Waals surface area contributed by atoms with E-state index in [-0.39, 0.29) is 0 Å². The zero-order chi connectivity index (χ0) is 15.3. The van der Waals surface area contributed by atoms with Crippen molar-refractivity contribution in [1.29, 1.82) is 0 Å². The van der Waals surface area contributed by atoms with Crippen molar-refractivity contribution in [3.63, 3.8) is 0 Å². The van der Waals surface area contributed by atoms with Crippen molar-refractivity contribution in [1.82, 2.24) is 0 Å². The average molecular weight is 309 g/mol. The van der Waals surface area contributed by atoms with E-state index in [2.05, 4.69) is 30.0 Å². The maximum absolute atomic E-state index is 5.65. The van der Waals surface area contributed by atoms with Gasteiger partial charge in [-0.05, 0) is 12.8 Å². The van der Waals surface area contributed by atoms with E-state index >= 15 is 0 Å². The lowest BCUT2D eigenvalue weighted by Gasteiger charge is -2.04. The zero-order valence-corrected chi connectivity index (χ0v) is 14.8. The summed E-state index contributed by atoms with van der Waals surface area (Å²) in [5.41, 5.74) is 0. The Bertz CT molecular complexity index is 129. The van der Waals surface area contributed by atoms with Crippen LogP contribution in [0.25, 0.3) is 0 Å². The maximum atomic E-state index is 5.65. The Kier molecular flexibility index (Phi) is 27.3. The van der Waals surface area contributed by atoms with E-state index in [9.17, 15) is 0 Å². The van der Waals surface area contributed by atoms with Gasteiger partial charge in [-0.25, -0.2) is 0 Å². The molecule has 0 amide bonds. The molecule has 0 aromatic rings. The van der Waals surface area contributed by atoms with Crippen LogP contribution < -0.4 is 0 Å². The first-order chi connectivity index (χ1) is 9.83. The lowest BCUT2D eigenvalue weighted by Crippen LogP contribution is -1.97. The monoisotopic (exact) mass is 308 g/mol. The number of hydrogen-bond donors (Lipinski definition) is 0. The van der Waals surface area contributed by atoms with Crippen LogP contribution in [0, 0.1) is 0 Å². The molecule has 0 atom stereocenters. The van der Waals surface area contributed by atoms with E-state index < -0.39 is 0 Å². The predicted molar refractivity (Wildman–Crippen MR) is 90.4 cm³/mol. The van der Waals surface area contributed by atoms with Crippen LogP contribution in [0.2, 0.25) is 0 Å². The Morgan fingerprint density at radius 1 is 0.600 bits per heavy atom. The molecule has 0 saturated heterocycles. The van der Waals surface area contributed by atoms with Crippen molar-refractivity contribution in [3.8, 4) is 0 Å². The Labute approximate surface area is 132 Å². The van der Waals surface area contributed by atoms with Crippen molar-refractivity contribution < 1.29 is 9.03 Å². The highest BCUT2D eigenvalue weighted by Crippen LogP contribution is 2.06. The van der Waals surface area contributed by atoms with E-state index in [1.165, 1.54) is 84.2 Å². The molecule has 0 aromatic carbocycles. The first-order valence-electron chi connectivity index (χ1n) is 8.55. The SMILES string of the molecule is CCCCCCCCOCCCCCCCC.COCl. The fraction of sp³-hybridized carbons (Fsp3) is 1.00. The van der Waals surface area contributed by atoms with Gasteiger partial charge in [-0.3, -0.25) is 4.29 Å². The molecule has 0 aliphatic rings. The van der Waals surface area contributed by atoms with E-state index in [0.29, 0.717) is 0 Å². The van der Waals surface area contributed by atoms with Gasteiger partial charge in [0, 0.05) is 13.2 Å². The van der Waals surface area contributed by atoms with E-state index in [0.717, 1.165) is 13.2 Å². The van der Waals surface area contributed by atoms with Crippen molar-refractivity contribution in [2.75, 3.05) is 20.3 Å². The molecule has 0 saturated carbocycles. The second kappa shape index (κ2) is 24.2. The molecule has 0 N–H and O–H groups in total. The molecule has 2 nitrogen and oxygen atoms in total. The number of halogens is 1. The highest BCUT2D eigenvalue weighted by Gasteiger charge is 1.92. The summed E-state index contributed by atoms with van der Waals surface area (Å²) >= 11 is 4.50. The summed E-state index contributed by atoms with van der Waals surface area (Å²) in [7, 11) is 1.39. The molecule has 3 heteroatoms. The molecule has 0 rings (SSSR count). The summed E-state index contributed by atoms with van der Waals surface area (Å²) < 4.78 is 9.37. The normalized spacial score (nSPS) is 10.2. The molecule has 0 aliphatic carbocycles. The Hall–Kier alpha value is 0.210. The van der Waals surface area contributed by atoms with Gasteiger partial charge in [-0.15, -0.1) is 0 Å². The summed E-state index contributed by atoms with van der Waals surface area (Å²) in [6.45, 7) is 6.51. The molecule has 0 aromatic heterocycles. The van der Waals surface area contributed by atoms with Gasteiger partial charge in [0.15, 0.2) is 0 Å². The molecule has 0 aliphatic heterocycles. The number of unbranched alkanes of at least 4 members (excludes halogenated alkanes) is 10. The fourth-order valence-electron chi connectivity index (χ4n) is 2.07. The summed E-state index contributed by atoms with van der Waals surface area (Å²) in [4.78, 5) is 0. The fourth-order valence-corrected chi connectivity index (χ4v) is 2.07. The van der Waals surface area contributed by atoms with Gasteiger partial charge in [0.05, 0.1) is 19.0 Å². The third-order valence-corrected chi connectivity index (χ3v) is 3.28. The van der Waals surface area contributed by atoms with Crippen LogP contribution in [0.4, 0.5) is 0 Å². The molecule has 0 unspecified atom stereocenters. The zero-order valence-electron chi connectivity index (χ0n) is 14.1. The van der Waals surface area contributed by atoms with Crippen molar-refractivity contribution in [2.24, 2.45) is 0 Å². The summed E-state index contributed by atoms with van der Waals surface area (Å²) in [6.07, 6.45) is 16.3. The molecular weight excluding hydrogens is 272 g/mol. The van der Waals surface area contributed by atoms with E-state index in [4.69, 9.17) is 4.74 Å². The van der Waals surface area contributed by atoms with Crippen LogP contribution >= 0.6 is 11.9 Å².